The van der Waals surface area contributed by atoms with Crippen LogP contribution < -0.4 is 4.74 Å². The molecule has 0 unspecified atom stereocenters. The van der Waals surface area contributed by atoms with Crippen LogP contribution in [0.2, 0.25) is 15.2 Å². The van der Waals surface area contributed by atoms with Crippen LogP contribution in [0.3, 0.4) is 0 Å². The third kappa shape index (κ3) is 6.26. The molecule has 2 aliphatic rings. The lowest BCUT2D eigenvalue weighted by atomic mass is 10.1. The lowest BCUT2D eigenvalue weighted by Crippen LogP contribution is -2.55. The highest BCUT2D eigenvalue weighted by Crippen LogP contribution is 2.37. The van der Waals surface area contributed by atoms with Gasteiger partial charge in [-0.2, -0.15) is 9.57 Å². The average Bonchev–Trinajstić information content (AvgIpc) is 3.69. The van der Waals surface area contributed by atoms with Gasteiger partial charge in [-0.25, -0.2) is 13.4 Å². The number of piperazine rings is 1. The zero-order valence-electron chi connectivity index (χ0n) is 25.2. The van der Waals surface area contributed by atoms with E-state index in [0.717, 1.165) is 0 Å². The number of amides is 2. The number of nitrogens with zero attached hydrogens (tertiary/aromatic N) is 6. The Bertz CT molecular complexity index is 2020. The summed E-state index contributed by atoms with van der Waals surface area (Å²) in [5, 5.41) is 9.59. The van der Waals surface area contributed by atoms with Crippen LogP contribution in [0, 0.1) is 18.3 Å². The number of hydrogen-bond acceptors (Lipinski definition) is 7. The Balaban J connectivity index is 1.16. The van der Waals surface area contributed by atoms with Crippen LogP contribution in [-0.2, 0) is 21.4 Å². The Morgan fingerprint density at radius 2 is 1.70 bits per heavy atom. The number of carbonyl (C=O) groups excluding carboxylic acids is 2. The zero-order chi connectivity index (χ0) is 33.5. The minimum absolute atomic E-state index is 0.0879. The van der Waals surface area contributed by atoms with Gasteiger partial charge in [0.2, 0.25) is 15.9 Å². The van der Waals surface area contributed by atoms with Gasteiger partial charge in [0.25, 0.3) is 5.91 Å². The molecule has 47 heavy (non-hydrogen) atoms. The summed E-state index contributed by atoms with van der Waals surface area (Å²) >= 11 is 19.5. The molecule has 1 atom stereocenters. The summed E-state index contributed by atoms with van der Waals surface area (Å²) in [7, 11) is -4.21. The van der Waals surface area contributed by atoms with Crippen molar-refractivity contribution in [3.63, 3.8) is 0 Å². The smallest absolute Gasteiger partial charge is 0.253 e. The molecule has 2 amide bonds. The first-order valence-electron chi connectivity index (χ1n) is 14.8. The van der Waals surface area contributed by atoms with E-state index < -0.39 is 16.1 Å². The van der Waals surface area contributed by atoms with Crippen molar-refractivity contribution in [3.8, 4) is 11.8 Å². The number of sulfonamides is 1. The minimum atomic E-state index is -4.21. The number of halogens is 3. The number of benzene rings is 2. The molecule has 0 saturated carbocycles. The molecule has 15 heteroatoms. The van der Waals surface area contributed by atoms with E-state index in [9.17, 15) is 18.0 Å². The van der Waals surface area contributed by atoms with Crippen molar-refractivity contribution in [1.82, 2.24) is 23.5 Å². The molecular formula is C32H29Cl3N6O5S. The maximum Gasteiger partial charge on any atom is 0.253 e. The predicted molar refractivity (Wildman–Crippen MR) is 176 cm³/mol. The van der Waals surface area contributed by atoms with Gasteiger partial charge in [-0.3, -0.25) is 14.0 Å². The number of rotatable bonds is 7. The second-order valence-corrected chi connectivity index (χ2v) is 14.3. The fourth-order valence-corrected chi connectivity index (χ4v) is 8.60. The highest BCUT2D eigenvalue weighted by molar-refractivity contribution is 7.89. The van der Waals surface area contributed by atoms with Crippen molar-refractivity contribution >= 4 is 62.3 Å². The number of aryl methyl sites for hydroxylation is 1. The van der Waals surface area contributed by atoms with Crippen LogP contribution in [0.15, 0.2) is 59.6 Å². The van der Waals surface area contributed by atoms with E-state index in [1.807, 2.05) is 6.07 Å². The molecule has 11 nitrogen and oxygen atoms in total. The van der Waals surface area contributed by atoms with Crippen LogP contribution in [0.4, 0.5) is 0 Å². The average molecular weight is 716 g/mol. The number of pyridine rings is 1. The normalized spacial score (nSPS) is 17.2. The monoisotopic (exact) mass is 714 g/mol. The second-order valence-electron chi connectivity index (χ2n) is 11.3. The zero-order valence-corrected chi connectivity index (χ0v) is 28.3. The SMILES string of the molecule is Cc1nc2c(OCc3c(Cl)ccc(S(=O)(=O)N4CCC[C@H]4C(=O)N4CCN(C(=O)c5ccc(C#N)cc5)CC4)c3Cl)cccn2c1Cl. The maximum atomic E-state index is 14.0. The fraction of sp³-hybridized carbons (Fsp3) is 0.312. The standard InChI is InChI=1S/C32H29Cl3N6O5S/c1-20-29(35)40-12-3-5-26(30(40)37-20)46-19-23-24(33)10-11-27(28(23)34)47(44,45)41-13-2-4-25(41)32(43)39-16-14-38(15-17-39)31(42)22-8-6-21(18-36)7-9-22/h3,5-12,25H,2,4,13-17,19H2,1H3/t25-/m0/s1. The van der Waals surface area contributed by atoms with Gasteiger partial charge in [-0.15, -0.1) is 0 Å². The van der Waals surface area contributed by atoms with Crippen molar-refractivity contribution in [2.24, 2.45) is 0 Å². The first-order valence-corrected chi connectivity index (χ1v) is 17.4. The lowest BCUT2D eigenvalue weighted by molar-refractivity contribution is -0.136. The summed E-state index contributed by atoms with van der Waals surface area (Å²) in [6.07, 6.45) is 2.62. The molecule has 2 saturated heterocycles. The third-order valence-corrected chi connectivity index (χ3v) is 11.8. The molecule has 4 heterocycles. The summed E-state index contributed by atoms with van der Waals surface area (Å²) < 4.78 is 37.0. The first kappa shape index (κ1) is 33.1. The van der Waals surface area contributed by atoms with Crippen molar-refractivity contribution in [1.29, 1.82) is 5.26 Å². The molecule has 0 spiro atoms. The molecule has 244 valence electrons. The van der Waals surface area contributed by atoms with Crippen LogP contribution in [0.25, 0.3) is 5.65 Å². The Morgan fingerprint density at radius 1 is 1.00 bits per heavy atom. The van der Waals surface area contributed by atoms with Gasteiger partial charge in [0.05, 0.1) is 22.3 Å². The fourth-order valence-electron chi connectivity index (χ4n) is 5.91. The van der Waals surface area contributed by atoms with Crippen molar-refractivity contribution in [2.75, 3.05) is 32.7 Å². The highest BCUT2D eigenvalue weighted by atomic mass is 35.5. The number of hydrogen-bond donors (Lipinski definition) is 0. The van der Waals surface area contributed by atoms with E-state index in [1.54, 1.807) is 63.7 Å². The molecule has 2 aromatic carbocycles. The topological polar surface area (TPSA) is 128 Å². The van der Waals surface area contributed by atoms with Crippen LogP contribution in [0.1, 0.15) is 40.0 Å². The molecule has 0 aliphatic carbocycles. The minimum Gasteiger partial charge on any atom is -0.485 e. The number of nitriles is 1. The summed E-state index contributed by atoms with van der Waals surface area (Å²) in [6.45, 7) is 2.92. The predicted octanol–water partition coefficient (Wildman–Crippen LogP) is 5.19. The Labute approximate surface area is 286 Å². The quantitative estimate of drug-likeness (QED) is 0.258. The van der Waals surface area contributed by atoms with E-state index >= 15 is 0 Å². The molecule has 4 aromatic rings. The molecule has 2 aromatic heterocycles. The van der Waals surface area contributed by atoms with E-state index in [-0.39, 0.29) is 58.6 Å². The maximum absolute atomic E-state index is 14.0. The Hall–Kier alpha value is -3.86. The number of imidazole rings is 1. The Kier molecular flexibility index (Phi) is 9.38. The molecular weight excluding hydrogens is 687 g/mol. The van der Waals surface area contributed by atoms with Crippen LogP contribution >= 0.6 is 34.8 Å². The van der Waals surface area contributed by atoms with E-state index in [2.05, 4.69) is 4.98 Å². The summed E-state index contributed by atoms with van der Waals surface area (Å²) in [5.74, 6) is -0.0945. The van der Waals surface area contributed by atoms with E-state index in [0.29, 0.717) is 59.3 Å². The van der Waals surface area contributed by atoms with Gasteiger partial charge in [-0.05, 0) is 68.3 Å². The number of carbonyl (C=O) groups is 2. The van der Waals surface area contributed by atoms with Crippen molar-refractivity contribution in [2.45, 2.75) is 37.3 Å². The third-order valence-electron chi connectivity index (χ3n) is 8.45. The lowest BCUT2D eigenvalue weighted by Gasteiger charge is -2.37. The van der Waals surface area contributed by atoms with E-state index in [1.165, 1.54) is 16.4 Å². The largest absolute Gasteiger partial charge is 0.485 e. The van der Waals surface area contributed by atoms with Gasteiger partial charge in [0, 0.05) is 55.1 Å². The van der Waals surface area contributed by atoms with Crippen molar-refractivity contribution < 1.29 is 22.7 Å². The molecule has 0 N–H and O–H groups in total. The number of ether oxygens (including phenoxy) is 1. The molecule has 0 radical (unpaired) electrons. The number of aromatic nitrogens is 2. The van der Waals surface area contributed by atoms with Gasteiger partial charge in [-0.1, -0.05) is 34.8 Å². The van der Waals surface area contributed by atoms with Gasteiger partial charge in [0.15, 0.2) is 11.4 Å². The summed E-state index contributed by atoms with van der Waals surface area (Å²) in [5.41, 5.74) is 2.31. The summed E-state index contributed by atoms with van der Waals surface area (Å²) in [6, 6.07) is 13.8. The second kappa shape index (κ2) is 13.3. The van der Waals surface area contributed by atoms with Crippen molar-refractivity contribution in [3.05, 3.63) is 92.3 Å². The summed E-state index contributed by atoms with van der Waals surface area (Å²) in [4.78, 5) is 34.2. The molecule has 0 bridgehead atoms. The molecule has 2 aliphatic heterocycles. The highest BCUT2D eigenvalue weighted by Gasteiger charge is 2.43. The van der Waals surface area contributed by atoms with Gasteiger partial charge in [0.1, 0.15) is 22.7 Å². The molecule has 2 fully saturated rings. The first-order chi connectivity index (χ1) is 22.5. The van der Waals surface area contributed by atoms with E-state index in [4.69, 9.17) is 44.8 Å². The number of fused-ring (bicyclic) bond motifs is 1. The van der Waals surface area contributed by atoms with Crippen LogP contribution in [-0.4, -0.2) is 82.5 Å². The van der Waals surface area contributed by atoms with Crippen LogP contribution in [0.5, 0.6) is 5.75 Å². The molecule has 6 rings (SSSR count). The Morgan fingerprint density at radius 3 is 2.40 bits per heavy atom. The van der Waals surface area contributed by atoms with Gasteiger partial charge < -0.3 is 14.5 Å². The van der Waals surface area contributed by atoms with Gasteiger partial charge >= 0.3 is 0 Å².